The van der Waals surface area contributed by atoms with Gasteiger partial charge >= 0.3 is 11.6 Å². The van der Waals surface area contributed by atoms with E-state index in [1.165, 1.54) is 30.3 Å². The van der Waals surface area contributed by atoms with Crippen LogP contribution in [-0.4, -0.2) is 18.1 Å². The zero-order chi connectivity index (χ0) is 18.1. The second-order valence-electron chi connectivity index (χ2n) is 5.53. The molecule has 0 aliphatic heterocycles. The first-order valence-electron chi connectivity index (χ1n) is 7.32. The summed E-state index contributed by atoms with van der Waals surface area (Å²) in [7, 11) is 1.64. The summed E-state index contributed by atoms with van der Waals surface area (Å²) in [6, 6.07) is 9.61. The molecule has 3 aromatic rings. The molecule has 5 nitrogen and oxygen atoms in total. The van der Waals surface area contributed by atoms with Crippen LogP contribution in [-0.2, 0) is 6.54 Å². The Hall–Kier alpha value is -3.22. The van der Waals surface area contributed by atoms with E-state index < -0.39 is 28.8 Å². The molecule has 7 heteroatoms. The third-order valence-electron chi connectivity index (χ3n) is 3.85. The zero-order valence-electron chi connectivity index (χ0n) is 13.1. The highest BCUT2D eigenvalue weighted by Crippen LogP contribution is 2.24. The fourth-order valence-corrected chi connectivity index (χ4v) is 2.50. The molecule has 1 N–H and O–H groups in total. The lowest BCUT2D eigenvalue weighted by atomic mass is 10.1. The molecule has 0 radical (unpaired) electrons. The molecule has 0 bridgehead atoms. The molecular weight excluding hydrogens is 332 g/mol. The molecule has 0 unspecified atom stereocenters. The molecule has 0 fully saturated rings. The molecule has 0 atom stereocenters. The van der Waals surface area contributed by atoms with Crippen LogP contribution in [0.2, 0.25) is 0 Å². The first-order chi connectivity index (χ1) is 11.9. The zero-order valence-corrected chi connectivity index (χ0v) is 13.1. The van der Waals surface area contributed by atoms with E-state index >= 15 is 0 Å². The summed E-state index contributed by atoms with van der Waals surface area (Å²) >= 11 is 0. The van der Waals surface area contributed by atoms with Gasteiger partial charge in [0.25, 0.3) is 0 Å². The largest absolute Gasteiger partial charge is 0.477 e. The first-order valence-corrected chi connectivity index (χ1v) is 7.32. The smallest absolute Gasteiger partial charge is 0.351 e. The van der Waals surface area contributed by atoms with Gasteiger partial charge in [-0.1, -0.05) is 6.07 Å². The number of nitrogens with zero attached hydrogens (tertiary/aromatic N) is 1. The number of hydrogen-bond acceptors (Lipinski definition) is 4. The molecule has 3 rings (SSSR count). The molecule has 1 aromatic heterocycles. The van der Waals surface area contributed by atoms with Gasteiger partial charge in [-0.05, 0) is 30.3 Å². The Labute approximate surface area is 140 Å². The second-order valence-corrected chi connectivity index (χ2v) is 5.53. The van der Waals surface area contributed by atoms with E-state index in [-0.39, 0.29) is 17.7 Å². The molecule has 0 aliphatic rings. The Morgan fingerprint density at radius 1 is 1.16 bits per heavy atom. The van der Waals surface area contributed by atoms with Crippen molar-refractivity contribution in [2.24, 2.45) is 0 Å². The number of rotatable bonds is 4. The molecule has 0 saturated heterocycles. The number of carboxylic acids is 1. The van der Waals surface area contributed by atoms with Gasteiger partial charge in [-0.25, -0.2) is 18.4 Å². The van der Waals surface area contributed by atoms with Gasteiger partial charge in [0.2, 0.25) is 0 Å². The van der Waals surface area contributed by atoms with Crippen LogP contribution in [0, 0.1) is 11.6 Å². The van der Waals surface area contributed by atoms with Crippen LogP contribution in [0.25, 0.3) is 11.0 Å². The van der Waals surface area contributed by atoms with Crippen LogP contribution in [0.15, 0.2) is 51.7 Å². The number of aromatic carboxylic acids is 1. The average molecular weight is 345 g/mol. The van der Waals surface area contributed by atoms with E-state index in [4.69, 9.17) is 9.52 Å². The first kappa shape index (κ1) is 16.6. The summed E-state index contributed by atoms with van der Waals surface area (Å²) in [5.41, 5.74) is -0.746. The van der Waals surface area contributed by atoms with E-state index in [9.17, 15) is 18.4 Å². The molecule has 25 heavy (non-hydrogen) atoms. The SMILES string of the molecule is CN(Cc1c(F)cccc1F)c1ccc2cc(C(=O)O)c(=O)oc2c1. The Morgan fingerprint density at radius 3 is 2.48 bits per heavy atom. The van der Waals surface area contributed by atoms with Crippen LogP contribution >= 0.6 is 0 Å². The Balaban J connectivity index is 1.97. The summed E-state index contributed by atoms with van der Waals surface area (Å²) in [6.45, 7) is -0.0263. The third-order valence-corrected chi connectivity index (χ3v) is 3.85. The second kappa shape index (κ2) is 6.35. The topological polar surface area (TPSA) is 70.8 Å². The van der Waals surface area contributed by atoms with Gasteiger partial charge in [0, 0.05) is 36.3 Å². The maximum atomic E-state index is 13.8. The van der Waals surface area contributed by atoms with Gasteiger partial charge in [-0.2, -0.15) is 0 Å². The number of carboxylic acid groups (broad SMARTS) is 1. The van der Waals surface area contributed by atoms with Crippen molar-refractivity contribution >= 4 is 22.6 Å². The van der Waals surface area contributed by atoms with E-state index in [0.29, 0.717) is 11.1 Å². The number of anilines is 1. The van der Waals surface area contributed by atoms with Gasteiger partial charge in [-0.3, -0.25) is 0 Å². The molecule has 0 amide bonds. The van der Waals surface area contributed by atoms with E-state index in [1.54, 1.807) is 24.1 Å². The Kier molecular flexibility index (Phi) is 4.22. The van der Waals surface area contributed by atoms with Gasteiger partial charge in [0.15, 0.2) is 0 Å². The minimum Gasteiger partial charge on any atom is -0.477 e. The Bertz CT molecular complexity index is 1010. The lowest BCUT2D eigenvalue weighted by Gasteiger charge is -2.20. The number of carbonyl (C=O) groups is 1. The number of benzene rings is 2. The van der Waals surface area contributed by atoms with E-state index in [2.05, 4.69) is 0 Å². The molecule has 0 aliphatic carbocycles. The van der Waals surface area contributed by atoms with Gasteiger partial charge < -0.3 is 14.4 Å². The van der Waals surface area contributed by atoms with Crippen molar-refractivity contribution < 1.29 is 23.1 Å². The van der Waals surface area contributed by atoms with Crippen LogP contribution in [0.4, 0.5) is 14.5 Å². The summed E-state index contributed by atoms with van der Waals surface area (Å²) in [5, 5.41) is 9.38. The highest BCUT2D eigenvalue weighted by molar-refractivity contribution is 5.92. The number of hydrogen-bond donors (Lipinski definition) is 1. The van der Waals surface area contributed by atoms with E-state index in [0.717, 1.165) is 0 Å². The Morgan fingerprint density at radius 2 is 1.84 bits per heavy atom. The summed E-state index contributed by atoms with van der Waals surface area (Å²) in [6.07, 6.45) is 0. The molecule has 0 spiro atoms. The van der Waals surface area contributed by atoms with Crippen LogP contribution in [0.1, 0.15) is 15.9 Å². The number of halogens is 2. The standard InChI is InChI=1S/C18H13F2NO4/c1-21(9-13-14(19)3-2-4-15(13)20)11-6-5-10-7-12(17(22)23)18(24)25-16(10)8-11/h2-8H,9H2,1H3,(H,22,23). The highest BCUT2D eigenvalue weighted by Gasteiger charge is 2.15. The lowest BCUT2D eigenvalue weighted by molar-refractivity contribution is 0.0692. The molecule has 128 valence electrons. The predicted octanol–water partition coefficient (Wildman–Crippen LogP) is 3.41. The van der Waals surface area contributed by atoms with Crippen LogP contribution in [0.3, 0.4) is 0 Å². The van der Waals surface area contributed by atoms with Crippen molar-refractivity contribution in [2.75, 3.05) is 11.9 Å². The quantitative estimate of drug-likeness (QED) is 0.734. The average Bonchev–Trinajstić information content (AvgIpc) is 2.56. The minimum atomic E-state index is -1.37. The highest BCUT2D eigenvalue weighted by atomic mass is 19.1. The molecular formula is C18H13F2NO4. The van der Waals surface area contributed by atoms with Gasteiger partial charge in [0.1, 0.15) is 22.8 Å². The van der Waals surface area contributed by atoms with Crippen molar-refractivity contribution in [2.45, 2.75) is 6.54 Å². The minimum absolute atomic E-state index is 0.0263. The summed E-state index contributed by atoms with van der Waals surface area (Å²) < 4.78 is 32.6. The van der Waals surface area contributed by atoms with Crippen molar-refractivity contribution in [3.05, 3.63) is 75.6 Å². The molecule has 0 saturated carbocycles. The van der Waals surface area contributed by atoms with E-state index in [1.807, 2.05) is 0 Å². The van der Waals surface area contributed by atoms with Gasteiger partial charge in [-0.15, -0.1) is 0 Å². The maximum Gasteiger partial charge on any atom is 0.351 e. The van der Waals surface area contributed by atoms with Crippen molar-refractivity contribution in [3.63, 3.8) is 0 Å². The monoisotopic (exact) mass is 345 g/mol. The van der Waals surface area contributed by atoms with Crippen molar-refractivity contribution in [1.29, 1.82) is 0 Å². The summed E-state index contributed by atoms with van der Waals surface area (Å²) in [5.74, 6) is -2.66. The van der Waals surface area contributed by atoms with Crippen LogP contribution in [0.5, 0.6) is 0 Å². The predicted molar refractivity (Wildman–Crippen MR) is 87.9 cm³/mol. The molecule has 2 aromatic carbocycles. The fraction of sp³-hybridized carbons (Fsp3) is 0.111. The van der Waals surface area contributed by atoms with Crippen molar-refractivity contribution in [1.82, 2.24) is 0 Å². The molecule has 1 heterocycles. The van der Waals surface area contributed by atoms with Crippen molar-refractivity contribution in [3.8, 4) is 0 Å². The third kappa shape index (κ3) is 3.21. The van der Waals surface area contributed by atoms with Crippen LogP contribution < -0.4 is 10.5 Å². The maximum absolute atomic E-state index is 13.8. The fourth-order valence-electron chi connectivity index (χ4n) is 2.50. The van der Waals surface area contributed by atoms with Gasteiger partial charge in [0.05, 0.1) is 0 Å². The summed E-state index contributed by atoms with van der Waals surface area (Å²) in [4.78, 5) is 24.2. The lowest BCUT2D eigenvalue weighted by Crippen LogP contribution is -2.18. The normalized spacial score (nSPS) is 10.8. The number of fused-ring (bicyclic) bond motifs is 1.